The van der Waals surface area contributed by atoms with Gasteiger partial charge in [0, 0.05) is 17.7 Å². The highest BCUT2D eigenvalue weighted by molar-refractivity contribution is 5.96. The number of aliphatic hydroxyl groups excluding tert-OH is 1. The summed E-state index contributed by atoms with van der Waals surface area (Å²) in [5.41, 5.74) is 7.93. The summed E-state index contributed by atoms with van der Waals surface area (Å²) in [6, 6.07) is 7.62. The van der Waals surface area contributed by atoms with Crippen molar-refractivity contribution in [3.05, 3.63) is 36.5 Å². The monoisotopic (exact) mass is 443 g/mol. The Labute approximate surface area is 184 Å². The van der Waals surface area contributed by atoms with E-state index in [0.29, 0.717) is 45.6 Å². The van der Waals surface area contributed by atoms with Gasteiger partial charge in [0.05, 0.1) is 58.3 Å². The minimum atomic E-state index is -1.06. The summed E-state index contributed by atoms with van der Waals surface area (Å²) < 4.78 is 23.2. The van der Waals surface area contributed by atoms with Crippen molar-refractivity contribution >= 4 is 11.6 Å². The largest absolute Gasteiger partial charge is 0.495 e. The molecule has 1 amide bonds. The third kappa shape index (κ3) is 4.43. The number of anilines is 1. The zero-order chi connectivity index (χ0) is 23.3. The highest BCUT2D eigenvalue weighted by Crippen LogP contribution is 2.40. The number of aliphatic hydroxyl groups is 1. The van der Waals surface area contributed by atoms with E-state index in [0.717, 1.165) is 0 Å². The van der Waals surface area contributed by atoms with E-state index >= 15 is 0 Å². The van der Waals surface area contributed by atoms with Crippen LogP contribution in [-0.2, 0) is 4.79 Å². The molecule has 0 aliphatic rings. The number of nitrogens with one attached hydrogen (secondary N) is 1. The topological polar surface area (TPSA) is 143 Å². The summed E-state index contributed by atoms with van der Waals surface area (Å²) in [5, 5.41) is 20.0. The maximum absolute atomic E-state index is 12.2. The molecule has 1 heterocycles. The summed E-state index contributed by atoms with van der Waals surface area (Å²) in [5.74, 6) is 1.27. The molecule has 3 rings (SSSR count). The van der Waals surface area contributed by atoms with Gasteiger partial charge in [0.1, 0.15) is 11.8 Å². The fourth-order valence-corrected chi connectivity index (χ4v) is 3.09. The summed E-state index contributed by atoms with van der Waals surface area (Å²) in [6.45, 7) is -0.480. The zero-order valence-electron chi connectivity index (χ0n) is 18.2. The van der Waals surface area contributed by atoms with Crippen molar-refractivity contribution in [2.45, 2.75) is 6.04 Å². The lowest BCUT2D eigenvalue weighted by Crippen LogP contribution is -2.38. The van der Waals surface area contributed by atoms with Gasteiger partial charge in [-0.3, -0.25) is 4.79 Å². The second-order valence-corrected chi connectivity index (χ2v) is 6.61. The smallest absolute Gasteiger partial charge is 0.243 e. The number of rotatable bonds is 9. The van der Waals surface area contributed by atoms with Crippen LogP contribution in [0.25, 0.3) is 16.9 Å². The first-order valence-electron chi connectivity index (χ1n) is 9.54. The van der Waals surface area contributed by atoms with Crippen LogP contribution in [0, 0.1) is 0 Å². The molecular weight excluding hydrogens is 418 g/mol. The number of amides is 1. The highest BCUT2D eigenvalue weighted by atomic mass is 16.5. The molecule has 1 atom stereocenters. The predicted octanol–water partition coefficient (Wildman–Crippen LogP) is 1.23. The Kier molecular flexibility index (Phi) is 7.13. The normalized spacial score (nSPS) is 11.6. The molecule has 4 N–H and O–H groups in total. The lowest BCUT2D eigenvalue weighted by molar-refractivity contribution is -0.118. The standard InChI is InChI=1S/C21H25N5O6/c1-29-17-6-5-12(7-15(17)24-21(28)14(22)11-27)16-10-23-25-26(16)13-8-18(30-2)20(32-4)19(9-13)31-3/h5-10,14,27H,11,22H2,1-4H3,(H,24,28). The van der Waals surface area contributed by atoms with Gasteiger partial charge in [0.15, 0.2) is 11.5 Å². The summed E-state index contributed by atoms with van der Waals surface area (Å²) in [7, 11) is 6.06. The van der Waals surface area contributed by atoms with E-state index < -0.39 is 18.6 Å². The van der Waals surface area contributed by atoms with Crippen molar-refractivity contribution in [1.29, 1.82) is 0 Å². The van der Waals surface area contributed by atoms with Crippen molar-refractivity contribution in [2.24, 2.45) is 5.73 Å². The number of nitrogens with two attached hydrogens (primary N) is 1. The number of hydrogen-bond donors (Lipinski definition) is 3. The molecule has 0 radical (unpaired) electrons. The van der Waals surface area contributed by atoms with Crippen LogP contribution >= 0.6 is 0 Å². The number of ether oxygens (including phenoxy) is 4. The molecule has 11 nitrogen and oxygen atoms in total. The molecular formula is C21H25N5O6. The van der Waals surface area contributed by atoms with Crippen LogP contribution in [0.4, 0.5) is 5.69 Å². The van der Waals surface area contributed by atoms with Gasteiger partial charge in [-0.1, -0.05) is 5.21 Å². The Bertz CT molecular complexity index is 1080. The molecule has 0 bridgehead atoms. The van der Waals surface area contributed by atoms with Crippen molar-refractivity contribution in [3.63, 3.8) is 0 Å². The Morgan fingerprint density at radius 3 is 2.28 bits per heavy atom. The number of methoxy groups -OCH3 is 4. The van der Waals surface area contributed by atoms with E-state index in [9.17, 15) is 4.79 Å². The molecule has 0 saturated heterocycles. The number of carbonyl (C=O) groups excluding carboxylic acids is 1. The first kappa shape index (κ1) is 22.8. The maximum Gasteiger partial charge on any atom is 0.243 e. The van der Waals surface area contributed by atoms with Crippen LogP contribution in [0.1, 0.15) is 0 Å². The van der Waals surface area contributed by atoms with Gasteiger partial charge in [-0.2, -0.15) is 0 Å². The van der Waals surface area contributed by atoms with Crippen LogP contribution in [0.2, 0.25) is 0 Å². The molecule has 170 valence electrons. The van der Waals surface area contributed by atoms with Gasteiger partial charge < -0.3 is 35.1 Å². The zero-order valence-corrected chi connectivity index (χ0v) is 18.2. The van der Waals surface area contributed by atoms with Gasteiger partial charge in [0.25, 0.3) is 0 Å². The molecule has 0 aliphatic heterocycles. The van der Waals surface area contributed by atoms with Crippen LogP contribution < -0.4 is 30.0 Å². The summed E-state index contributed by atoms with van der Waals surface area (Å²) in [6.07, 6.45) is 1.58. The van der Waals surface area contributed by atoms with Crippen LogP contribution in [0.5, 0.6) is 23.0 Å². The minimum absolute atomic E-state index is 0.386. The van der Waals surface area contributed by atoms with Crippen molar-refractivity contribution in [1.82, 2.24) is 15.0 Å². The van der Waals surface area contributed by atoms with Crippen molar-refractivity contribution in [2.75, 3.05) is 40.4 Å². The van der Waals surface area contributed by atoms with Crippen molar-refractivity contribution in [3.8, 4) is 39.9 Å². The van der Waals surface area contributed by atoms with E-state index in [4.69, 9.17) is 29.8 Å². The fraction of sp³-hybridized carbons (Fsp3) is 0.286. The summed E-state index contributed by atoms with van der Waals surface area (Å²) >= 11 is 0. The van der Waals surface area contributed by atoms with Crippen LogP contribution in [0.3, 0.4) is 0 Å². The number of aromatic nitrogens is 3. The Morgan fingerprint density at radius 1 is 1.06 bits per heavy atom. The minimum Gasteiger partial charge on any atom is -0.495 e. The van der Waals surface area contributed by atoms with E-state index in [1.807, 2.05) is 0 Å². The third-order valence-corrected chi connectivity index (χ3v) is 4.73. The van der Waals surface area contributed by atoms with Gasteiger partial charge in [-0.05, 0) is 18.2 Å². The first-order chi connectivity index (χ1) is 15.5. The Hall–Kier alpha value is -3.83. The number of hydrogen-bond acceptors (Lipinski definition) is 9. The average molecular weight is 443 g/mol. The molecule has 0 saturated carbocycles. The number of benzene rings is 2. The van der Waals surface area contributed by atoms with E-state index in [1.165, 1.54) is 28.4 Å². The number of nitrogens with zero attached hydrogens (tertiary/aromatic N) is 3. The Balaban J connectivity index is 2.07. The molecule has 11 heteroatoms. The maximum atomic E-state index is 12.2. The third-order valence-electron chi connectivity index (χ3n) is 4.73. The molecule has 3 aromatic rings. The molecule has 0 aliphatic carbocycles. The molecule has 2 aromatic carbocycles. The molecule has 0 spiro atoms. The van der Waals surface area contributed by atoms with Crippen LogP contribution in [0.15, 0.2) is 36.5 Å². The van der Waals surface area contributed by atoms with Gasteiger partial charge in [-0.15, -0.1) is 5.10 Å². The average Bonchev–Trinajstić information content (AvgIpc) is 3.32. The van der Waals surface area contributed by atoms with E-state index in [1.54, 1.807) is 41.2 Å². The van der Waals surface area contributed by atoms with Gasteiger partial charge in [-0.25, -0.2) is 4.68 Å². The lowest BCUT2D eigenvalue weighted by atomic mass is 10.1. The molecule has 1 aromatic heterocycles. The van der Waals surface area contributed by atoms with Gasteiger partial charge in [0.2, 0.25) is 11.7 Å². The van der Waals surface area contributed by atoms with E-state index in [2.05, 4.69) is 15.6 Å². The van der Waals surface area contributed by atoms with Crippen LogP contribution in [-0.4, -0.2) is 67.1 Å². The predicted molar refractivity (Wildman–Crippen MR) is 117 cm³/mol. The quantitative estimate of drug-likeness (QED) is 0.445. The molecule has 0 fully saturated rings. The fourth-order valence-electron chi connectivity index (χ4n) is 3.09. The number of carbonyl (C=O) groups is 1. The first-order valence-corrected chi connectivity index (χ1v) is 9.54. The van der Waals surface area contributed by atoms with Gasteiger partial charge >= 0.3 is 0 Å². The second-order valence-electron chi connectivity index (χ2n) is 6.61. The SMILES string of the molecule is COc1ccc(-c2cnnn2-c2cc(OC)c(OC)c(OC)c2)cc1NC(=O)C(N)CO. The molecule has 32 heavy (non-hydrogen) atoms. The Morgan fingerprint density at radius 2 is 1.72 bits per heavy atom. The summed E-state index contributed by atoms with van der Waals surface area (Å²) in [4.78, 5) is 12.2. The highest BCUT2D eigenvalue weighted by Gasteiger charge is 2.19. The van der Waals surface area contributed by atoms with Crippen molar-refractivity contribution < 1.29 is 28.8 Å². The molecule has 1 unspecified atom stereocenters. The second kappa shape index (κ2) is 9.98. The van der Waals surface area contributed by atoms with E-state index in [-0.39, 0.29) is 0 Å². The lowest BCUT2D eigenvalue weighted by Gasteiger charge is -2.16.